The molecule has 1 fully saturated rings. The molecular formula is C24H25N5O5. The van der Waals surface area contributed by atoms with Gasteiger partial charge in [-0.15, -0.1) is 0 Å². The molecule has 1 aliphatic rings. The van der Waals surface area contributed by atoms with Crippen molar-refractivity contribution in [2.45, 2.75) is 12.6 Å². The third-order valence-corrected chi connectivity index (χ3v) is 5.77. The van der Waals surface area contributed by atoms with E-state index < -0.39 is 23.9 Å². The number of carboxylic acids is 2. The zero-order valence-electron chi connectivity index (χ0n) is 18.3. The molecule has 3 aromatic rings. The number of benzene rings is 1. The van der Waals surface area contributed by atoms with Crippen LogP contribution in [0.3, 0.4) is 0 Å². The molecule has 4 N–H and O–H groups in total. The molecule has 1 amide bonds. The Morgan fingerprint density at radius 1 is 1.09 bits per heavy atom. The Morgan fingerprint density at radius 3 is 2.56 bits per heavy atom. The molecule has 1 saturated heterocycles. The number of amides is 1. The van der Waals surface area contributed by atoms with Crippen LogP contribution in [0.4, 0.5) is 5.69 Å². The second kappa shape index (κ2) is 10.3. The number of carbonyl (C=O) groups excluding carboxylic acids is 1. The maximum Gasteiger partial charge on any atom is 0.328 e. The van der Waals surface area contributed by atoms with Crippen molar-refractivity contribution in [3.8, 4) is 0 Å². The molecule has 1 aromatic carbocycles. The molecule has 0 spiro atoms. The number of rotatable bonds is 8. The minimum Gasteiger partial charge on any atom is -0.480 e. The molecule has 2 aromatic heterocycles. The summed E-state index contributed by atoms with van der Waals surface area (Å²) in [5, 5.41) is 22.0. The Morgan fingerprint density at radius 2 is 1.88 bits per heavy atom. The number of nitrogens with zero attached hydrogens (tertiary/aromatic N) is 3. The highest BCUT2D eigenvalue weighted by atomic mass is 16.4. The number of H-pyrrole nitrogens is 1. The second-order valence-corrected chi connectivity index (χ2v) is 8.04. The number of fused-ring (bicyclic) bond motifs is 1. The highest BCUT2D eigenvalue weighted by molar-refractivity contribution is 6.03. The largest absolute Gasteiger partial charge is 0.480 e. The number of aromatic nitrogens is 2. The van der Waals surface area contributed by atoms with Crippen LogP contribution in [0.15, 0.2) is 60.9 Å². The van der Waals surface area contributed by atoms with Gasteiger partial charge in [0.25, 0.3) is 0 Å². The number of hydrogen-bond donors (Lipinski definition) is 4. The van der Waals surface area contributed by atoms with E-state index in [1.807, 2.05) is 23.1 Å². The summed E-state index contributed by atoms with van der Waals surface area (Å²) in [7, 11) is 0. The van der Waals surface area contributed by atoms with E-state index in [-0.39, 0.29) is 0 Å². The van der Waals surface area contributed by atoms with Crippen LogP contribution in [0.1, 0.15) is 17.3 Å². The van der Waals surface area contributed by atoms with E-state index in [1.165, 1.54) is 0 Å². The first-order valence-corrected chi connectivity index (χ1v) is 10.8. The lowest BCUT2D eigenvalue weighted by Crippen LogP contribution is -2.48. The summed E-state index contributed by atoms with van der Waals surface area (Å²) in [5.41, 5.74) is 2.79. The van der Waals surface area contributed by atoms with E-state index in [2.05, 4.69) is 20.2 Å². The maximum atomic E-state index is 12.3. The van der Waals surface area contributed by atoms with Gasteiger partial charge in [0.2, 0.25) is 5.91 Å². The van der Waals surface area contributed by atoms with Crippen LogP contribution >= 0.6 is 0 Å². The molecular weight excluding hydrogens is 438 g/mol. The lowest BCUT2D eigenvalue weighted by molar-refractivity contribution is -0.144. The van der Waals surface area contributed by atoms with E-state index in [1.54, 1.807) is 30.6 Å². The molecule has 176 valence electrons. The fourth-order valence-electron chi connectivity index (χ4n) is 4.17. The Labute approximate surface area is 195 Å². The van der Waals surface area contributed by atoms with Crippen molar-refractivity contribution in [1.82, 2.24) is 19.8 Å². The van der Waals surface area contributed by atoms with Gasteiger partial charge in [-0.2, -0.15) is 0 Å². The average molecular weight is 463 g/mol. The van der Waals surface area contributed by atoms with Crippen molar-refractivity contribution in [1.29, 1.82) is 0 Å². The Hall–Kier alpha value is -4.02. The number of carboxylic acid groups (broad SMARTS) is 2. The summed E-state index contributed by atoms with van der Waals surface area (Å²) in [6.45, 7) is 3.43. The Bertz CT molecular complexity index is 1210. The van der Waals surface area contributed by atoms with Gasteiger partial charge in [0, 0.05) is 79.4 Å². The number of aromatic amines is 1. The topological polar surface area (TPSA) is 139 Å². The smallest absolute Gasteiger partial charge is 0.328 e. The van der Waals surface area contributed by atoms with Crippen LogP contribution in [0, 0.1) is 0 Å². The second-order valence-electron chi connectivity index (χ2n) is 8.04. The molecule has 4 rings (SSSR count). The lowest BCUT2D eigenvalue weighted by Gasteiger charge is -2.37. The van der Waals surface area contributed by atoms with Crippen molar-refractivity contribution in [2.24, 2.45) is 0 Å². The molecule has 10 nitrogen and oxygen atoms in total. The zero-order valence-corrected chi connectivity index (χ0v) is 18.3. The molecule has 0 radical (unpaired) electrons. The van der Waals surface area contributed by atoms with Crippen molar-refractivity contribution in [3.63, 3.8) is 0 Å². The van der Waals surface area contributed by atoms with Crippen LogP contribution in [0.5, 0.6) is 0 Å². The highest BCUT2D eigenvalue weighted by Crippen LogP contribution is 2.31. The zero-order chi connectivity index (χ0) is 24.1. The average Bonchev–Trinajstić information content (AvgIpc) is 3.22. The predicted molar refractivity (Wildman–Crippen MR) is 125 cm³/mol. The van der Waals surface area contributed by atoms with E-state index >= 15 is 0 Å². The van der Waals surface area contributed by atoms with Gasteiger partial charge in [-0.25, -0.2) is 4.79 Å². The monoisotopic (exact) mass is 463 g/mol. The molecule has 1 aliphatic heterocycles. The number of carbonyl (C=O) groups is 3. The van der Waals surface area contributed by atoms with Crippen molar-refractivity contribution in [3.05, 3.63) is 72.2 Å². The first-order chi connectivity index (χ1) is 16.4. The van der Waals surface area contributed by atoms with Gasteiger partial charge >= 0.3 is 11.9 Å². The summed E-state index contributed by atoms with van der Waals surface area (Å²) < 4.78 is 0. The third kappa shape index (κ3) is 5.48. The van der Waals surface area contributed by atoms with Gasteiger partial charge in [-0.05, 0) is 24.3 Å². The lowest BCUT2D eigenvalue weighted by atomic mass is 10.0. The molecule has 0 unspecified atom stereocenters. The highest BCUT2D eigenvalue weighted by Gasteiger charge is 2.32. The van der Waals surface area contributed by atoms with Gasteiger partial charge in [0.15, 0.2) is 0 Å². The molecule has 34 heavy (non-hydrogen) atoms. The summed E-state index contributed by atoms with van der Waals surface area (Å²) >= 11 is 0. The van der Waals surface area contributed by atoms with Crippen LogP contribution in [0.2, 0.25) is 0 Å². The first-order valence-electron chi connectivity index (χ1n) is 10.8. The fourth-order valence-corrected chi connectivity index (χ4v) is 4.17. The quantitative estimate of drug-likeness (QED) is 0.373. The summed E-state index contributed by atoms with van der Waals surface area (Å²) in [6, 6.07) is 10.1. The SMILES string of the molecule is O=C(O)/C=C/C(=O)Nc1ccc2c([C@@H](C(=O)O)N3CCN(Cc4ccccn4)CC3)c[nH]c2c1. The first kappa shape index (κ1) is 23.1. The third-order valence-electron chi connectivity index (χ3n) is 5.77. The summed E-state index contributed by atoms with van der Waals surface area (Å²) in [5.74, 6) is -2.70. The van der Waals surface area contributed by atoms with Crippen LogP contribution < -0.4 is 5.32 Å². The van der Waals surface area contributed by atoms with Gasteiger partial charge in [0.05, 0.1) is 5.69 Å². The number of pyridine rings is 1. The maximum absolute atomic E-state index is 12.3. The number of piperazine rings is 1. The molecule has 3 heterocycles. The van der Waals surface area contributed by atoms with Gasteiger partial charge in [0.1, 0.15) is 6.04 Å². The molecule has 0 bridgehead atoms. The Kier molecular flexibility index (Phi) is 7.00. The van der Waals surface area contributed by atoms with Gasteiger partial charge in [-0.1, -0.05) is 12.1 Å². The van der Waals surface area contributed by atoms with Gasteiger partial charge < -0.3 is 20.5 Å². The number of aliphatic carboxylic acids is 2. The fraction of sp³-hybridized carbons (Fsp3) is 0.250. The Balaban J connectivity index is 1.46. The molecule has 0 saturated carbocycles. The van der Waals surface area contributed by atoms with E-state index in [0.29, 0.717) is 29.9 Å². The summed E-state index contributed by atoms with van der Waals surface area (Å²) in [4.78, 5) is 46.3. The van der Waals surface area contributed by atoms with Crippen LogP contribution in [-0.4, -0.2) is 74.0 Å². The van der Waals surface area contributed by atoms with Crippen molar-refractivity contribution < 1.29 is 24.6 Å². The van der Waals surface area contributed by atoms with E-state index in [0.717, 1.165) is 42.9 Å². The van der Waals surface area contributed by atoms with Crippen molar-refractivity contribution >= 4 is 34.4 Å². The van der Waals surface area contributed by atoms with E-state index in [4.69, 9.17) is 5.11 Å². The predicted octanol–water partition coefficient (Wildman–Crippen LogP) is 2.09. The summed E-state index contributed by atoms with van der Waals surface area (Å²) in [6.07, 6.45) is 5.15. The van der Waals surface area contributed by atoms with Crippen molar-refractivity contribution in [2.75, 3.05) is 31.5 Å². The standard InChI is InChI=1S/C24H25N5O5/c30-21(6-7-22(31)32)27-16-4-5-18-19(14-26-20(18)13-16)23(24(33)34)29-11-9-28(10-12-29)15-17-3-1-2-8-25-17/h1-8,13-14,23,26H,9-12,15H2,(H,27,30)(H,31,32)(H,33,34)/b7-6+/t23-/m0/s1. The number of nitrogens with one attached hydrogen (secondary N) is 2. The normalized spacial score (nSPS) is 16.0. The minimum atomic E-state index is -1.21. The molecule has 10 heteroatoms. The minimum absolute atomic E-state index is 0.468. The number of hydrogen-bond acceptors (Lipinski definition) is 6. The molecule has 0 aliphatic carbocycles. The van der Waals surface area contributed by atoms with Crippen LogP contribution in [-0.2, 0) is 20.9 Å². The number of anilines is 1. The van der Waals surface area contributed by atoms with Gasteiger partial charge in [-0.3, -0.25) is 24.4 Å². The van der Waals surface area contributed by atoms with E-state index in [9.17, 15) is 19.5 Å². The van der Waals surface area contributed by atoms with Crippen LogP contribution in [0.25, 0.3) is 10.9 Å². The molecule has 1 atom stereocenters.